The number of fused-ring (bicyclic) bond motifs is 3. The number of ether oxygens (including phenoxy) is 1. The van der Waals surface area contributed by atoms with Crippen molar-refractivity contribution in [2.45, 2.75) is 32.2 Å². The van der Waals surface area contributed by atoms with E-state index in [1.807, 2.05) is 55.6 Å². The van der Waals surface area contributed by atoms with Crippen molar-refractivity contribution in [3.63, 3.8) is 0 Å². The van der Waals surface area contributed by atoms with Crippen molar-refractivity contribution in [3.8, 4) is 17.0 Å². The maximum Gasteiger partial charge on any atom is 0.275 e. The van der Waals surface area contributed by atoms with Crippen LogP contribution in [0.15, 0.2) is 53.0 Å². The number of aryl methyl sites for hydroxylation is 1. The Labute approximate surface area is 208 Å². The van der Waals surface area contributed by atoms with Crippen LogP contribution >= 0.6 is 15.9 Å². The van der Waals surface area contributed by atoms with E-state index in [0.29, 0.717) is 12.2 Å². The summed E-state index contributed by atoms with van der Waals surface area (Å²) in [5.41, 5.74) is 3.68. The summed E-state index contributed by atoms with van der Waals surface area (Å²) in [7, 11) is -1.63. The lowest BCUT2D eigenvalue weighted by atomic mass is 10.0. The summed E-state index contributed by atoms with van der Waals surface area (Å²) in [5.74, 6) is 0.466. The maximum absolute atomic E-state index is 13.7. The predicted molar refractivity (Wildman–Crippen MR) is 134 cm³/mol. The molecule has 0 radical (unpaired) electrons. The summed E-state index contributed by atoms with van der Waals surface area (Å²) < 4.78 is 35.5. The van der Waals surface area contributed by atoms with Crippen LogP contribution in [0.4, 0.5) is 0 Å². The molecule has 3 aromatic rings. The SMILES string of the molecule is CC(C)S(=O)(=O)NCCN(Cc1ccccc1)C(=O)c1nn(C)c2c1COc1ccc(Br)cc1-2. The zero-order valence-electron chi connectivity index (χ0n) is 19.3. The molecule has 0 aliphatic carbocycles. The molecule has 1 aliphatic rings. The van der Waals surface area contributed by atoms with Gasteiger partial charge in [0, 0.05) is 42.3 Å². The van der Waals surface area contributed by atoms with Gasteiger partial charge in [0.2, 0.25) is 10.0 Å². The number of sulfonamides is 1. The summed E-state index contributed by atoms with van der Waals surface area (Å²) in [4.78, 5) is 15.3. The number of carbonyl (C=O) groups is 1. The third-order valence-electron chi connectivity index (χ3n) is 5.73. The van der Waals surface area contributed by atoms with Crippen LogP contribution in [0.5, 0.6) is 5.75 Å². The maximum atomic E-state index is 13.7. The van der Waals surface area contributed by atoms with Crippen molar-refractivity contribution in [1.82, 2.24) is 19.4 Å². The second-order valence-electron chi connectivity index (χ2n) is 8.43. The molecule has 8 nitrogen and oxygen atoms in total. The highest BCUT2D eigenvalue weighted by Crippen LogP contribution is 2.40. The molecular formula is C24H27BrN4O4S. The highest BCUT2D eigenvalue weighted by atomic mass is 79.9. The molecule has 1 aromatic heterocycles. The van der Waals surface area contributed by atoms with Gasteiger partial charge in [-0.25, -0.2) is 13.1 Å². The van der Waals surface area contributed by atoms with E-state index >= 15 is 0 Å². The molecule has 0 atom stereocenters. The van der Waals surface area contributed by atoms with Gasteiger partial charge in [-0.3, -0.25) is 9.48 Å². The molecule has 34 heavy (non-hydrogen) atoms. The third kappa shape index (κ3) is 5.03. The molecule has 0 saturated heterocycles. The summed E-state index contributed by atoms with van der Waals surface area (Å²) >= 11 is 3.50. The number of nitrogens with zero attached hydrogens (tertiary/aromatic N) is 3. The Bertz CT molecular complexity index is 1310. The Morgan fingerprint density at radius 1 is 1.24 bits per heavy atom. The molecule has 1 aliphatic heterocycles. The Morgan fingerprint density at radius 3 is 2.68 bits per heavy atom. The van der Waals surface area contributed by atoms with E-state index < -0.39 is 15.3 Å². The van der Waals surface area contributed by atoms with E-state index in [9.17, 15) is 13.2 Å². The van der Waals surface area contributed by atoms with Crippen LogP contribution in [0.1, 0.15) is 35.5 Å². The number of aromatic nitrogens is 2. The lowest BCUT2D eigenvalue weighted by Gasteiger charge is -2.24. The van der Waals surface area contributed by atoms with Crippen LogP contribution in [0.3, 0.4) is 0 Å². The summed E-state index contributed by atoms with van der Waals surface area (Å²) in [6, 6.07) is 15.3. The van der Waals surface area contributed by atoms with Crippen LogP contribution in [-0.4, -0.2) is 47.3 Å². The number of carbonyl (C=O) groups excluding carboxylic acids is 1. The Balaban J connectivity index is 1.65. The van der Waals surface area contributed by atoms with E-state index in [-0.39, 0.29) is 25.6 Å². The number of hydrogen-bond donors (Lipinski definition) is 1. The smallest absolute Gasteiger partial charge is 0.275 e. The largest absolute Gasteiger partial charge is 0.488 e. The van der Waals surface area contributed by atoms with Crippen molar-refractivity contribution in [1.29, 1.82) is 0 Å². The van der Waals surface area contributed by atoms with Gasteiger partial charge < -0.3 is 9.64 Å². The second kappa shape index (κ2) is 9.89. The summed E-state index contributed by atoms with van der Waals surface area (Å²) in [6.45, 7) is 4.11. The Morgan fingerprint density at radius 2 is 1.97 bits per heavy atom. The minimum Gasteiger partial charge on any atom is -0.488 e. The molecule has 0 saturated carbocycles. The van der Waals surface area contributed by atoms with Crippen molar-refractivity contribution < 1.29 is 17.9 Å². The number of benzene rings is 2. The highest BCUT2D eigenvalue weighted by Gasteiger charge is 2.31. The normalized spacial score (nSPS) is 12.7. The van der Waals surface area contributed by atoms with Gasteiger partial charge in [-0.15, -0.1) is 0 Å². The predicted octanol–water partition coefficient (Wildman–Crippen LogP) is 3.71. The highest BCUT2D eigenvalue weighted by molar-refractivity contribution is 9.10. The number of rotatable bonds is 8. The van der Waals surface area contributed by atoms with Crippen LogP contribution in [0, 0.1) is 0 Å². The second-order valence-corrected chi connectivity index (χ2v) is 11.7. The first-order valence-electron chi connectivity index (χ1n) is 11.0. The molecule has 0 bridgehead atoms. The molecule has 0 fully saturated rings. The van der Waals surface area contributed by atoms with E-state index in [4.69, 9.17) is 4.74 Å². The van der Waals surface area contributed by atoms with E-state index in [1.165, 1.54) is 0 Å². The zero-order valence-corrected chi connectivity index (χ0v) is 21.7. The molecule has 2 heterocycles. The first-order chi connectivity index (χ1) is 16.2. The van der Waals surface area contributed by atoms with E-state index in [1.54, 1.807) is 23.4 Å². The van der Waals surface area contributed by atoms with Crippen LogP contribution in [0.2, 0.25) is 0 Å². The van der Waals surface area contributed by atoms with Gasteiger partial charge in [0.05, 0.1) is 10.9 Å². The van der Waals surface area contributed by atoms with Gasteiger partial charge in [0.15, 0.2) is 5.69 Å². The van der Waals surface area contributed by atoms with Gasteiger partial charge in [0.1, 0.15) is 12.4 Å². The van der Waals surface area contributed by atoms with Gasteiger partial charge in [0.25, 0.3) is 5.91 Å². The fourth-order valence-corrected chi connectivity index (χ4v) is 4.94. The quantitative estimate of drug-likeness (QED) is 0.464. The zero-order chi connectivity index (χ0) is 24.5. The average molecular weight is 547 g/mol. The molecule has 1 amide bonds. The molecular weight excluding hydrogens is 520 g/mol. The molecule has 0 unspecified atom stereocenters. The number of amides is 1. The topological polar surface area (TPSA) is 93.5 Å². The first kappa shape index (κ1) is 24.4. The minimum absolute atomic E-state index is 0.111. The standard InChI is InChI=1S/C24H27BrN4O4S/c1-16(2)34(31,32)26-11-12-29(14-17-7-5-4-6-8-17)24(30)22-20-15-33-21-10-9-18(25)13-19(21)23(20)28(3)27-22/h4-10,13,16,26H,11-12,14-15H2,1-3H3. The van der Waals surface area contributed by atoms with Crippen LogP contribution in [-0.2, 0) is 30.2 Å². The summed E-state index contributed by atoms with van der Waals surface area (Å²) in [6.07, 6.45) is 0. The number of nitrogens with one attached hydrogen (secondary N) is 1. The van der Waals surface area contributed by atoms with Crippen molar-refractivity contribution in [2.24, 2.45) is 7.05 Å². The van der Waals surface area contributed by atoms with E-state index in [0.717, 1.165) is 32.6 Å². The third-order valence-corrected chi connectivity index (χ3v) is 8.07. The molecule has 4 rings (SSSR count). The van der Waals surface area contributed by atoms with E-state index in [2.05, 4.69) is 25.8 Å². The van der Waals surface area contributed by atoms with Crippen LogP contribution < -0.4 is 9.46 Å². The van der Waals surface area contributed by atoms with Crippen molar-refractivity contribution in [3.05, 3.63) is 69.8 Å². The molecule has 0 spiro atoms. The van der Waals surface area contributed by atoms with Gasteiger partial charge in [-0.1, -0.05) is 46.3 Å². The van der Waals surface area contributed by atoms with Gasteiger partial charge in [-0.05, 0) is 37.6 Å². The molecule has 10 heteroatoms. The fourth-order valence-electron chi connectivity index (χ4n) is 3.87. The fraction of sp³-hybridized carbons (Fsp3) is 0.333. The van der Waals surface area contributed by atoms with Gasteiger partial charge >= 0.3 is 0 Å². The van der Waals surface area contributed by atoms with Crippen molar-refractivity contribution >= 4 is 31.9 Å². The Hall–Kier alpha value is -2.69. The first-order valence-corrected chi connectivity index (χ1v) is 13.3. The number of halogens is 1. The lowest BCUT2D eigenvalue weighted by molar-refractivity contribution is 0.0737. The van der Waals surface area contributed by atoms with Crippen LogP contribution in [0.25, 0.3) is 11.3 Å². The molecule has 1 N–H and O–H groups in total. The van der Waals surface area contributed by atoms with Gasteiger partial charge in [-0.2, -0.15) is 5.10 Å². The summed E-state index contributed by atoms with van der Waals surface area (Å²) in [5, 5.41) is 4.01. The minimum atomic E-state index is -3.44. The molecule has 2 aromatic carbocycles. The molecule has 180 valence electrons. The number of hydrogen-bond acceptors (Lipinski definition) is 5. The Kier molecular flexibility index (Phi) is 7.11. The van der Waals surface area contributed by atoms with Crippen molar-refractivity contribution in [2.75, 3.05) is 13.1 Å². The monoisotopic (exact) mass is 546 g/mol. The lowest BCUT2D eigenvalue weighted by Crippen LogP contribution is -2.40. The average Bonchev–Trinajstić information content (AvgIpc) is 3.15.